The number of nitrogens with two attached hydrogens (primary N) is 1. The van der Waals surface area contributed by atoms with Crippen molar-refractivity contribution in [1.82, 2.24) is 15.2 Å². The Bertz CT molecular complexity index is 1040. The molecule has 0 saturated carbocycles. The minimum atomic E-state index is -2.22. The van der Waals surface area contributed by atoms with Crippen LogP contribution in [0.15, 0.2) is 10.5 Å². The standard InChI is InChI=1S/C16H17N5O8S2/c1-2-28-20-9(7-4-30-15(17)18-7)11(23)19-10-12(24)21-13(10)31(27)5-6-3-8(22)29-16(6,21)14(25)26/h4,6,10,13H,2-3,5H2,1H3,(H2,17,18)(H,19,23)(H,25,26)/b20-9-/t6-,10+,13+,16+,31?/m0/s1. The predicted molar refractivity (Wildman–Crippen MR) is 105 cm³/mol. The van der Waals surface area contributed by atoms with E-state index in [1.165, 1.54) is 5.38 Å². The maximum Gasteiger partial charge on any atom is 0.370 e. The van der Waals surface area contributed by atoms with E-state index in [9.17, 15) is 28.5 Å². The summed E-state index contributed by atoms with van der Waals surface area (Å²) in [7, 11) is -1.73. The number of anilines is 1. The molecule has 31 heavy (non-hydrogen) atoms. The molecule has 0 aliphatic carbocycles. The molecule has 15 heteroatoms. The first-order chi connectivity index (χ1) is 14.7. The van der Waals surface area contributed by atoms with Crippen molar-refractivity contribution >= 4 is 56.7 Å². The Kier molecular flexibility index (Phi) is 5.17. The summed E-state index contributed by atoms with van der Waals surface area (Å²) in [5, 5.41) is 16.4. The molecule has 4 N–H and O–H groups in total. The van der Waals surface area contributed by atoms with Crippen molar-refractivity contribution in [2.24, 2.45) is 11.1 Å². The van der Waals surface area contributed by atoms with Crippen LogP contribution in [0.5, 0.6) is 0 Å². The normalized spacial score (nSPS) is 31.9. The van der Waals surface area contributed by atoms with Crippen molar-refractivity contribution in [3.63, 3.8) is 0 Å². The zero-order chi connectivity index (χ0) is 22.5. The van der Waals surface area contributed by atoms with Gasteiger partial charge in [0.15, 0.2) is 10.8 Å². The summed E-state index contributed by atoms with van der Waals surface area (Å²) in [4.78, 5) is 59.1. The number of hydrogen-bond donors (Lipinski definition) is 3. The maximum atomic E-state index is 12.8. The van der Waals surface area contributed by atoms with Gasteiger partial charge in [-0.1, -0.05) is 5.16 Å². The van der Waals surface area contributed by atoms with Gasteiger partial charge in [-0.3, -0.25) is 23.5 Å². The minimum absolute atomic E-state index is 0.119. The molecule has 3 aliphatic heterocycles. The van der Waals surface area contributed by atoms with Crippen molar-refractivity contribution in [2.45, 2.75) is 30.5 Å². The van der Waals surface area contributed by atoms with Crippen molar-refractivity contribution in [3.05, 3.63) is 11.1 Å². The number of β-lactam (4-membered cyclic amide) rings is 1. The summed E-state index contributed by atoms with van der Waals surface area (Å²) in [6, 6.07) is -1.30. The van der Waals surface area contributed by atoms with Crippen LogP contribution >= 0.6 is 11.3 Å². The van der Waals surface area contributed by atoms with Gasteiger partial charge in [0.05, 0.1) is 12.3 Å². The van der Waals surface area contributed by atoms with Crippen molar-refractivity contribution < 1.29 is 38.1 Å². The first-order valence-corrected chi connectivity index (χ1v) is 11.3. The zero-order valence-corrected chi connectivity index (χ0v) is 17.6. The maximum absolute atomic E-state index is 12.8. The van der Waals surface area contributed by atoms with Crippen LogP contribution in [0.2, 0.25) is 0 Å². The van der Waals surface area contributed by atoms with E-state index < -0.39 is 57.6 Å². The second-order valence-corrected chi connectivity index (χ2v) is 9.37. The molecule has 1 aromatic heterocycles. The number of aromatic nitrogens is 1. The van der Waals surface area contributed by atoms with Gasteiger partial charge in [0.1, 0.15) is 23.7 Å². The Morgan fingerprint density at radius 2 is 2.29 bits per heavy atom. The van der Waals surface area contributed by atoms with Crippen LogP contribution in [0, 0.1) is 5.92 Å². The number of carboxylic acids is 1. The van der Waals surface area contributed by atoms with Crippen LogP contribution in [-0.4, -0.2) is 78.2 Å². The number of amides is 2. The number of nitrogens with zero attached hydrogens (tertiary/aromatic N) is 3. The third kappa shape index (κ3) is 3.15. The summed E-state index contributed by atoms with van der Waals surface area (Å²) in [6.07, 6.45) is -0.262. The van der Waals surface area contributed by atoms with Crippen molar-refractivity contribution in [1.29, 1.82) is 0 Å². The van der Waals surface area contributed by atoms with E-state index in [4.69, 9.17) is 15.3 Å². The average Bonchev–Trinajstić information content (AvgIpc) is 3.27. The van der Waals surface area contributed by atoms with E-state index in [0.29, 0.717) is 0 Å². The van der Waals surface area contributed by atoms with Gasteiger partial charge in [-0.15, -0.1) is 11.3 Å². The van der Waals surface area contributed by atoms with E-state index in [0.717, 1.165) is 16.2 Å². The van der Waals surface area contributed by atoms with Crippen LogP contribution in [-0.2, 0) is 39.6 Å². The lowest BCUT2D eigenvalue weighted by molar-refractivity contribution is -0.216. The van der Waals surface area contributed by atoms with Crippen LogP contribution < -0.4 is 11.1 Å². The fraction of sp³-hybridized carbons (Fsp3) is 0.500. The first kappa shape index (κ1) is 21.2. The van der Waals surface area contributed by atoms with E-state index in [1.54, 1.807) is 6.92 Å². The molecule has 5 atom stereocenters. The number of carboxylic acid groups (broad SMARTS) is 1. The molecule has 3 saturated heterocycles. The fourth-order valence-electron chi connectivity index (χ4n) is 3.83. The molecular formula is C16H17N5O8S2. The molecule has 2 amide bonds. The number of nitrogens with one attached hydrogen (secondary N) is 1. The minimum Gasteiger partial charge on any atom is -0.477 e. The summed E-state index contributed by atoms with van der Waals surface area (Å²) < 4.78 is 17.8. The first-order valence-electron chi connectivity index (χ1n) is 9.08. The molecule has 0 spiro atoms. The van der Waals surface area contributed by atoms with Gasteiger partial charge in [-0.25, -0.2) is 9.78 Å². The van der Waals surface area contributed by atoms with Gasteiger partial charge < -0.3 is 25.7 Å². The highest BCUT2D eigenvalue weighted by Gasteiger charge is 2.73. The number of rotatable bonds is 6. The third-order valence-corrected chi connectivity index (χ3v) is 7.56. The summed E-state index contributed by atoms with van der Waals surface area (Å²) in [5.41, 5.74) is 3.24. The zero-order valence-electron chi connectivity index (χ0n) is 16.0. The fourth-order valence-corrected chi connectivity index (χ4v) is 6.30. The highest BCUT2D eigenvalue weighted by atomic mass is 32.2. The van der Waals surface area contributed by atoms with Gasteiger partial charge in [-0.05, 0) is 6.92 Å². The summed E-state index contributed by atoms with van der Waals surface area (Å²) in [6.45, 7) is 1.81. The Morgan fingerprint density at radius 3 is 2.90 bits per heavy atom. The number of fused-ring (bicyclic) bond motifs is 3. The van der Waals surface area contributed by atoms with Gasteiger partial charge in [0.2, 0.25) is 0 Å². The van der Waals surface area contributed by atoms with E-state index >= 15 is 0 Å². The Labute approximate surface area is 181 Å². The number of hydrogen-bond acceptors (Lipinski definition) is 11. The second kappa shape index (κ2) is 7.56. The molecule has 3 fully saturated rings. The number of aliphatic carboxylic acids is 1. The monoisotopic (exact) mass is 471 g/mol. The summed E-state index contributed by atoms with van der Waals surface area (Å²) >= 11 is 1.07. The molecule has 1 aromatic rings. The van der Waals surface area contributed by atoms with Crippen molar-refractivity contribution in [3.8, 4) is 0 Å². The lowest BCUT2D eigenvalue weighted by Gasteiger charge is -2.56. The number of carbonyl (C=O) groups excluding carboxylic acids is 3. The van der Waals surface area contributed by atoms with Gasteiger partial charge in [0, 0.05) is 21.9 Å². The second-order valence-electron chi connectivity index (χ2n) is 6.90. The van der Waals surface area contributed by atoms with Crippen LogP contribution in [0.3, 0.4) is 0 Å². The number of esters is 1. The van der Waals surface area contributed by atoms with Gasteiger partial charge >= 0.3 is 11.9 Å². The predicted octanol–water partition coefficient (Wildman–Crippen LogP) is -1.77. The van der Waals surface area contributed by atoms with Crippen LogP contribution in [0.25, 0.3) is 0 Å². The molecule has 0 radical (unpaired) electrons. The lowest BCUT2D eigenvalue weighted by atomic mass is 9.89. The Morgan fingerprint density at radius 1 is 1.55 bits per heavy atom. The highest BCUT2D eigenvalue weighted by molar-refractivity contribution is 7.85. The van der Waals surface area contributed by atoms with E-state index in [1.807, 2.05) is 0 Å². The average molecular weight is 471 g/mol. The van der Waals surface area contributed by atoms with Gasteiger partial charge in [0.25, 0.3) is 17.5 Å². The smallest absolute Gasteiger partial charge is 0.370 e. The Hall–Kier alpha value is -3.07. The topological polar surface area (TPSA) is 191 Å². The highest BCUT2D eigenvalue weighted by Crippen LogP contribution is 2.47. The Balaban J connectivity index is 1.60. The molecule has 4 rings (SSSR count). The number of carbonyl (C=O) groups is 4. The quantitative estimate of drug-likeness (QED) is 0.185. The number of thiazole rings is 1. The largest absolute Gasteiger partial charge is 0.477 e. The molecule has 13 nitrogen and oxygen atoms in total. The number of nitrogen functional groups attached to an aromatic ring is 1. The molecule has 166 valence electrons. The number of oxime groups is 1. The molecule has 0 bridgehead atoms. The SMILES string of the molecule is CCO/N=C(\C(=O)N[C@@H]1C(=O)N2[C@@H]1S(=O)C[C@@H]1CC(=O)O[C@@]12C(=O)O)c1csc(N)n1. The molecular weight excluding hydrogens is 454 g/mol. The molecule has 0 aromatic carbocycles. The summed E-state index contributed by atoms with van der Waals surface area (Å²) in [5.74, 6) is -5.10. The molecule has 1 unspecified atom stereocenters. The lowest BCUT2D eigenvalue weighted by Crippen LogP contribution is -2.83. The molecule has 3 aliphatic rings. The third-order valence-electron chi connectivity index (χ3n) is 5.13. The van der Waals surface area contributed by atoms with Crippen LogP contribution in [0.1, 0.15) is 19.0 Å². The van der Waals surface area contributed by atoms with Crippen molar-refractivity contribution in [2.75, 3.05) is 18.1 Å². The van der Waals surface area contributed by atoms with Gasteiger partial charge in [-0.2, -0.15) is 0 Å². The van der Waals surface area contributed by atoms with E-state index in [2.05, 4.69) is 15.5 Å². The number of ether oxygens (including phenoxy) is 1. The van der Waals surface area contributed by atoms with Crippen LogP contribution in [0.4, 0.5) is 5.13 Å². The molecule has 4 heterocycles. The van der Waals surface area contributed by atoms with E-state index in [-0.39, 0.29) is 35.3 Å².